The van der Waals surface area contributed by atoms with E-state index < -0.39 is 17.6 Å². The molecular weight excluding hydrogens is 250 g/mol. The molecule has 0 aliphatic carbocycles. The minimum absolute atomic E-state index is 0.0447. The molecule has 4 heteroatoms. The summed E-state index contributed by atoms with van der Waals surface area (Å²) in [6.07, 6.45) is 0. The van der Waals surface area contributed by atoms with Crippen LogP contribution in [0.4, 0.5) is 8.78 Å². The molecule has 0 unspecified atom stereocenters. The van der Waals surface area contributed by atoms with Crippen LogP contribution in [0.15, 0.2) is 30.3 Å². The number of hydrogen-bond donors (Lipinski definition) is 1. The summed E-state index contributed by atoms with van der Waals surface area (Å²) in [4.78, 5) is 11.1. The number of carboxylic acids is 1. The van der Waals surface area contributed by atoms with Gasteiger partial charge in [-0.15, -0.1) is 0 Å². The molecule has 0 fully saturated rings. The maximum absolute atomic E-state index is 13.8. The molecule has 1 N–H and O–H groups in total. The lowest BCUT2D eigenvalue weighted by atomic mass is 9.94. The van der Waals surface area contributed by atoms with E-state index in [-0.39, 0.29) is 16.7 Å². The van der Waals surface area contributed by atoms with Crippen LogP contribution in [-0.2, 0) is 0 Å². The monoisotopic (exact) mass is 262 g/mol. The largest absolute Gasteiger partial charge is 0.478 e. The van der Waals surface area contributed by atoms with E-state index in [2.05, 4.69) is 0 Å². The van der Waals surface area contributed by atoms with Crippen LogP contribution in [0.2, 0.25) is 0 Å². The number of benzene rings is 2. The van der Waals surface area contributed by atoms with Gasteiger partial charge in [0.2, 0.25) is 0 Å². The second-order valence-electron chi connectivity index (χ2n) is 4.38. The zero-order valence-electron chi connectivity index (χ0n) is 10.5. The topological polar surface area (TPSA) is 37.3 Å². The Morgan fingerprint density at radius 1 is 1.05 bits per heavy atom. The minimum atomic E-state index is -1.12. The number of rotatable bonds is 2. The third kappa shape index (κ3) is 2.34. The number of halogens is 2. The molecular formula is C15H12F2O2. The number of aryl methyl sites for hydroxylation is 2. The SMILES string of the molecule is Cc1cc(C)c(-c2c(F)cccc2F)cc1C(=O)O. The summed E-state index contributed by atoms with van der Waals surface area (Å²) < 4.78 is 27.5. The molecule has 2 aromatic rings. The fourth-order valence-corrected chi connectivity index (χ4v) is 2.11. The molecule has 19 heavy (non-hydrogen) atoms. The molecule has 2 rings (SSSR count). The van der Waals surface area contributed by atoms with Crippen molar-refractivity contribution in [2.75, 3.05) is 0 Å². The van der Waals surface area contributed by atoms with Gasteiger partial charge in [-0.05, 0) is 48.7 Å². The van der Waals surface area contributed by atoms with Gasteiger partial charge in [0, 0.05) is 0 Å². The quantitative estimate of drug-likeness (QED) is 0.889. The van der Waals surface area contributed by atoms with Crippen LogP contribution in [0.5, 0.6) is 0 Å². The smallest absolute Gasteiger partial charge is 0.335 e. The van der Waals surface area contributed by atoms with Crippen molar-refractivity contribution in [1.29, 1.82) is 0 Å². The minimum Gasteiger partial charge on any atom is -0.478 e. The maximum atomic E-state index is 13.8. The van der Waals surface area contributed by atoms with Gasteiger partial charge in [0.05, 0.1) is 11.1 Å². The summed E-state index contributed by atoms with van der Waals surface area (Å²) in [5.74, 6) is -2.53. The Balaban J connectivity index is 2.76. The first kappa shape index (κ1) is 13.2. The number of aromatic carboxylic acids is 1. The van der Waals surface area contributed by atoms with E-state index in [0.717, 1.165) is 12.1 Å². The average molecular weight is 262 g/mol. The first-order valence-corrected chi connectivity index (χ1v) is 5.70. The van der Waals surface area contributed by atoms with Crippen LogP contribution in [0, 0.1) is 25.5 Å². The average Bonchev–Trinajstić information content (AvgIpc) is 2.30. The van der Waals surface area contributed by atoms with Gasteiger partial charge in [-0.25, -0.2) is 13.6 Å². The Hall–Kier alpha value is -2.23. The normalized spacial score (nSPS) is 10.5. The van der Waals surface area contributed by atoms with E-state index in [1.807, 2.05) is 0 Å². The van der Waals surface area contributed by atoms with Gasteiger partial charge in [-0.3, -0.25) is 0 Å². The first-order valence-electron chi connectivity index (χ1n) is 5.70. The van der Waals surface area contributed by atoms with Crippen molar-refractivity contribution in [3.63, 3.8) is 0 Å². The lowest BCUT2D eigenvalue weighted by Gasteiger charge is -2.11. The highest BCUT2D eigenvalue weighted by Crippen LogP contribution is 2.30. The molecule has 2 nitrogen and oxygen atoms in total. The third-order valence-electron chi connectivity index (χ3n) is 3.03. The Kier molecular flexibility index (Phi) is 3.34. The summed E-state index contributed by atoms with van der Waals surface area (Å²) in [5, 5.41) is 9.08. The van der Waals surface area contributed by atoms with Gasteiger partial charge in [-0.1, -0.05) is 12.1 Å². The molecule has 2 aromatic carbocycles. The lowest BCUT2D eigenvalue weighted by Crippen LogP contribution is -2.02. The van der Waals surface area contributed by atoms with Crippen molar-refractivity contribution >= 4 is 5.97 Å². The van der Waals surface area contributed by atoms with Crippen LogP contribution in [0.1, 0.15) is 21.5 Å². The molecule has 0 atom stereocenters. The van der Waals surface area contributed by atoms with E-state index in [1.54, 1.807) is 19.9 Å². The predicted molar refractivity (Wildman–Crippen MR) is 68.2 cm³/mol. The van der Waals surface area contributed by atoms with Gasteiger partial charge in [0.1, 0.15) is 11.6 Å². The van der Waals surface area contributed by atoms with Crippen molar-refractivity contribution in [3.05, 3.63) is 58.7 Å². The second-order valence-corrected chi connectivity index (χ2v) is 4.38. The molecule has 0 bridgehead atoms. The predicted octanol–water partition coefficient (Wildman–Crippen LogP) is 3.95. The van der Waals surface area contributed by atoms with Crippen molar-refractivity contribution < 1.29 is 18.7 Å². The van der Waals surface area contributed by atoms with Gasteiger partial charge < -0.3 is 5.11 Å². The fraction of sp³-hybridized carbons (Fsp3) is 0.133. The summed E-state index contributed by atoms with van der Waals surface area (Å²) in [6, 6.07) is 6.51. The van der Waals surface area contributed by atoms with E-state index in [4.69, 9.17) is 5.11 Å². The van der Waals surface area contributed by atoms with Crippen molar-refractivity contribution in [2.24, 2.45) is 0 Å². The zero-order chi connectivity index (χ0) is 14.2. The third-order valence-corrected chi connectivity index (χ3v) is 3.03. The molecule has 0 amide bonds. The zero-order valence-corrected chi connectivity index (χ0v) is 10.5. The van der Waals surface area contributed by atoms with Gasteiger partial charge >= 0.3 is 5.97 Å². The van der Waals surface area contributed by atoms with E-state index in [0.29, 0.717) is 11.1 Å². The number of carboxylic acid groups (broad SMARTS) is 1. The first-order chi connectivity index (χ1) is 8.91. The Bertz CT molecular complexity index is 643. The lowest BCUT2D eigenvalue weighted by molar-refractivity contribution is 0.0696. The molecule has 0 saturated carbocycles. The fourth-order valence-electron chi connectivity index (χ4n) is 2.11. The van der Waals surface area contributed by atoms with Crippen LogP contribution in [0.25, 0.3) is 11.1 Å². The van der Waals surface area contributed by atoms with E-state index in [1.165, 1.54) is 12.1 Å². The second kappa shape index (κ2) is 4.80. The molecule has 0 aliphatic heterocycles. The van der Waals surface area contributed by atoms with E-state index in [9.17, 15) is 13.6 Å². The van der Waals surface area contributed by atoms with Gasteiger partial charge in [-0.2, -0.15) is 0 Å². The summed E-state index contributed by atoms with van der Waals surface area (Å²) in [7, 11) is 0. The highest BCUT2D eigenvalue weighted by molar-refractivity contribution is 5.91. The standard InChI is InChI=1S/C15H12F2O2/c1-8-6-9(2)11(15(18)19)7-10(8)14-12(16)4-3-5-13(14)17/h3-7H,1-2H3,(H,18,19). The summed E-state index contributed by atoms with van der Waals surface area (Å²) >= 11 is 0. The molecule has 0 aromatic heterocycles. The number of hydrogen-bond acceptors (Lipinski definition) is 1. The summed E-state index contributed by atoms with van der Waals surface area (Å²) in [5.41, 5.74) is 1.31. The molecule has 0 saturated heterocycles. The van der Waals surface area contributed by atoms with Crippen LogP contribution < -0.4 is 0 Å². The Morgan fingerprint density at radius 3 is 2.16 bits per heavy atom. The molecule has 0 heterocycles. The van der Waals surface area contributed by atoms with Crippen molar-refractivity contribution in [2.45, 2.75) is 13.8 Å². The van der Waals surface area contributed by atoms with Crippen LogP contribution in [0.3, 0.4) is 0 Å². The van der Waals surface area contributed by atoms with Crippen molar-refractivity contribution in [1.82, 2.24) is 0 Å². The molecule has 98 valence electrons. The van der Waals surface area contributed by atoms with E-state index >= 15 is 0 Å². The van der Waals surface area contributed by atoms with Gasteiger partial charge in [0.25, 0.3) is 0 Å². The molecule has 0 aliphatic rings. The molecule has 0 radical (unpaired) electrons. The summed E-state index contributed by atoms with van der Waals surface area (Å²) in [6.45, 7) is 3.35. The molecule has 0 spiro atoms. The highest BCUT2D eigenvalue weighted by atomic mass is 19.1. The van der Waals surface area contributed by atoms with Crippen LogP contribution in [-0.4, -0.2) is 11.1 Å². The highest BCUT2D eigenvalue weighted by Gasteiger charge is 2.17. The Labute approximate surface area is 109 Å². The van der Waals surface area contributed by atoms with Gasteiger partial charge in [0.15, 0.2) is 0 Å². The maximum Gasteiger partial charge on any atom is 0.335 e. The Morgan fingerprint density at radius 2 is 1.63 bits per heavy atom. The van der Waals surface area contributed by atoms with Crippen molar-refractivity contribution in [3.8, 4) is 11.1 Å². The number of carbonyl (C=O) groups is 1. The van der Waals surface area contributed by atoms with Crippen LogP contribution >= 0.6 is 0 Å².